The van der Waals surface area contributed by atoms with Crippen molar-refractivity contribution in [1.29, 1.82) is 0 Å². The van der Waals surface area contributed by atoms with Gasteiger partial charge in [-0.05, 0) is 77.1 Å². The van der Waals surface area contributed by atoms with Crippen LogP contribution in [-0.2, 0) is 11.8 Å². The Labute approximate surface area is 242 Å². The molecule has 8 nitrogen and oxygen atoms in total. The lowest BCUT2D eigenvalue weighted by Crippen LogP contribution is -2.38. The number of aldehydes is 1. The van der Waals surface area contributed by atoms with Gasteiger partial charge in [-0.1, -0.05) is 59.2 Å². The van der Waals surface area contributed by atoms with E-state index in [2.05, 4.69) is 10.5 Å². The highest BCUT2D eigenvalue weighted by Gasteiger charge is 2.24. The minimum Gasteiger partial charge on any atom is -0.394 e. The highest BCUT2D eigenvalue weighted by Crippen LogP contribution is 2.38. The summed E-state index contributed by atoms with van der Waals surface area (Å²) in [4.78, 5) is 47.2. The molecule has 0 spiro atoms. The van der Waals surface area contributed by atoms with Crippen LogP contribution in [0.15, 0.2) is 95.0 Å². The number of hydrogen-bond donors (Lipinski definition) is 2. The number of nitroso groups, excluding NO2 is 1. The number of halogens is 1. The van der Waals surface area contributed by atoms with E-state index in [1.54, 1.807) is 31.4 Å². The van der Waals surface area contributed by atoms with Gasteiger partial charge in [-0.25, -0.2) is 0 Å². The Morgan fingerprint density at radius 3 is 2.20 bits per heavy atom. The SMILES string of the molecule is Cc1cc(Cl)ccc1C(CC(N=O)c1ccc(=O)n(C)c1)c1ccc(-c2ccc(C(=O)NC(C=O)CO)cc2)cc1. The van der Waals surface area contributed by atoms with E-state index in [4.69, 9.17) is 16.7 Å². The zero-order chi connectivity index (χ0) is 29.5. The highest BCUT2D eigenvalue weighted by molar-refractivity contribution is 6.30. The van der Waals surface area contributed by atoms with Crippen molar-refractivity contribution in [2.45, 2.75) is 31.3 Å². The molecule has 210 valence electrons. The first-order chi connectivity index (χ1) is 19.7. The maximum atomic E-state index is 12.3. The van der Waals surface area contributed by atoms with Gasteiger partial charge in [-0.3, -0.25) is 9.59 Å². The summed E-state index contributed by atoms with van der Waals surface area (Å²) in [5.74, 6) is -0.624. The number of nitrogens with one attached hydrogen (secondary N) is 1. The maximum Gasteiger partial charge on any atom is 0.251 e. The van der Waals surface area contributed by atoms with Crippen molar-refractivity contribution < 1.29 is 14.7 Å². The lowest BCUT2D eigenvalue weighted by atomic mass is 9.82. The average molecular weight is 572 g/mol. The standard InChI is InChI=1S/C32H30ClN3O5/c1-20-15-26(33)12-13-28(20)29(16-30(35-41)25-11-14-31(39)36(2)17-25)23-7-3-21(4-8-23)22-5-9-24(10-6-22)32(40)34-27(18-37)19-38/h3-15,17-18,27,29-30,38H,16,19H2,1-2H3,(H,34,40). The molecule has 9 heteroatoms. The number of carbonyl (C=O) groups is 2. The fraction of sp³-hybridized carbons (Fsp3) is 0.219. The molecule has 0 fully saturated rings. The molecular weight excluding hydrogens is 542 g/mol. The molecule has 1 amide bonds. The molecule has 1 heterocycles. The molecular formula is C32H30ClN3O5. The van der Waals surface area contributed by atoms with Gasteiger partial charge >= 0.3 is 0 Å². The third-order valence-corrected chi connectivity index (χ3v) is 7.39. The van der Waals surface area contributed by atoms with Crippen LogP contribution in [0.4, 0.5) is 0 Å². The summed E-state index contributed by atoms with van der Waals surface area (Å²) in [5.41, 5.74) is 5.68. The number of aliphatic hydroxyl groups excluding tert-OH is 1. The van der Waals surface area contributed by atoms with Gasteiger partial charge in [0.25, 0.3) is 5.91 Å². The Bertz CT molecular complexity index is 1600. The minimum absolute atomic E-state index is 0.164. The van der Waals surface area contributed by atoms with E-state index >= 15 is 0 Å². The summed E-state index contributed by atoms with van der Waals surface area (Å²) in [5, 5.41) is 15.6. The van der Waals surface area contributed by atoms with E-state index < -0.39 is 24.6 Å². The fourth-order valence-corrected chi connectivity index (χ4v) is 5.07. The first-order valence-electron chi connectivity index (χ1n) is 13.1. The van der Waals surface area contributed by atoms with Gasteiger partial charge in [0.15, 0.2) is 0 Å². The van der Waals surface area contributed by atoms with Crippen molar-refractivity contribution >= 4 is 23.8 Å². The number of aromatic nitrogens is 1. The van der Waals surface area contributed by atoms with E-state index in [1.165, 1.54) is 10.6 Å². The van der Waals surface area contributed by atoms with Gasteiger partial charge in [0.1, 0.15) is 18.4 Å². The Morgan fingerprint density at radius 2 is 1.63 bits per heavy atom. The Hall–Kier alpha value is -4.40. The van der Waals surface area contributed by atoms with Crippen LogP contribution in [0.2, 0.25) is 5.02 Å². The number of aryl methyl sites for hydroxylation is 2. The van der Waals surface area contributed by atoms with Gasteiger partial charge in [0, 0.05) is 35.8 Å². The molecule has 0 radical (unpaired) electrons. The second kappa shape index (κ2) is 13.3. The molecule has 4 aromatic rings. The number of carbonyl (C=O) groups excluding carboxylic acids is 2. The second-order valence-electron chi connectivity index (χ2n) is 9.92. The van der Waals surface area contributed by atoms with Crippen LogP contribution in [0.1, 0.15) is 51.0 Å². The quantitative estimate of drug-likeness (QED) is 0.186. The van der Waals surface area contributed by atoms with Crippen molar-refractivity contribution in [2.75, 3.05) is 6.61 Å². The number of hydrogen-bond acceptors (Lipinski definition) is 6. The molecule has 0 aliphatic carbocycles. The van der Waals surface area contributed by atoms with Crippen LogP contribution in [0.3, 0.4) is 0 Å². The third-order valence-electron chi connectivity index (χ3n) is 7.16. The minimum atomic E-state index is -0.949. The van der Waals surface area contributed by atoms with Crippen molar-refractivity contribution in [1.82, 2.24) is 9.88 Å². The molecule has 4 rings (SSSR count). The van der Waals surface area contributed by atoms with Gasteiger partial charge < -0.3 is 19.8 Å². The zero-order valence-corrected chi connectivity index (χ0v) is 23.4. The molecule has 1 aromatic heterocycles. The summed E-state index contributed by atoms with van der Waals surface area (Å²) < 4.78 is 1.44. The largest absolute Gasteiger partial charge is 0.394 e. The number of benzene rings is 3. The van der Waals surface area contributed by atoms with Crippen molar-refractivity contribution in [3.8, 4) is 11.1 Å². The van der Waals surface area contributed by atoms with E-state index in [1.807, 2.05) is 61.5 Å². The summed E-state index contributed by atoms with van der Waals surface area (Å²) in [6.45, 7) is 1.51. The van der Waals surface area contributed by atoms with E-state index in [0.29, 0.717) is 28.9 Å². The van der Waals surface area contributed by atoms with Crippen molar-refractivity contribution in [3.63, 3.8) is 0 Å². The Morgan fingerprint density at radius 1 is 1.00 bits per heavy atom. The molecule has 0 aliphatic rings. The third kappa shape index (κ3) is 7.03. The number of nitrogens with zero attached hydrogens (tertiary/aromatic N) is 2. The topological polar surface area (TPSA) is 118 Å². The maximum absolute atomic E-state index is 12.3. The summed E-state index contributed by atoms with van der Waals surface area (Å²) in [6.07, 6.45) is 2.53. The van der Waals surface area contributed by atoms with Crippen LogP contribution in [0.25, 0.3) is 11.1 Å². The average Bonchev–Trinajstić information content (AvgIpc) is 2.98. The van der Waals surface area contributed by atoms with Crippen LogP contribution in [0.5, 0.6) is 0 Å². The molecule has 0 bridgehead atoms. The Balaban J connectivity index is 1.63. The number of rotatable bonds is 11. The first kappa shape index (κ1) is 29.6. The van der Waals surface area contributed by atoms with E-state index in [9.17, 15) is 19.3 Å². The van der Waals surface area contributed by atoms with Gasteiger partial charge in [0.2, 0.25) is 5.56 Å². The number of pyridine rings is 1. The summed E-state index contributed by atoms with van der Waals surface area (Å²) in [6, 6.07) is 22.1. The second-order valence-corrected chi connectivity index (χ2v) is 10.4. The molecule has 0 saturated carbocycles. The molecule has 41 heavy (non-hydrogen) atoms. The van der Waals surface area contributed by atoms with Gasteiger partial charge in [0.05, 0.1) is 6.61 Å². The molecule has 3 aromatic carbocycles. The first-order valence-corrected chi connectivity index (χ1v) is 13.4. The molecule has 0 saturated heterocycles. The van der Waals surface area contributed by atoms with Crippen LogP contribution < -0.4 is 10.9 Å². The summed E-state index contributed by atoms with van der Waals surface area (Å²) >= 11 is 6.24. The normalized spacial score (nSPS) is 13.2. The van der Waals surface area contributed by atoms with Crippen molar-refractivity contribution in [3.05, 3.63) is 133 Å². The van der Waals surface area contributed by atoms with E-state index in [-0.39, 0.29) is 11.5 Å². The van der Waals surface area contributed by atoms with E-state index in [0.717, 1.165) is 27.8 Å². The van der Waals surface area contributed by atoms with Crippen molar-refractivity contribution in [2.24, 2.45) is 12.2 Å². The fourth-order valence-electron chi connectivity index (χ4n) is 4.84. The zero-order valence-electron chi connectivity index (χ0n) is 22.7. The molecule has 2 N–H and O–H groups in total. The van der Waals surface area contributed by atoms with Crippen LogP contribution in [0, 0.1) is 11.8 Å². The molecule has 0 aliphatic heterocycles. The highest BCUT2D eigenvalue weighted by atomic mass is 35.5. The molecule has 3 atom stereocenters. The lowest BCUT2D eigenvalue weighted by Gasteiger charge is -2.23. The Kier molecular flexibility index (Phi) is 9.60. The van der Waals surface area contributed by atoms with Crippen LogP contribution in [-0.4, -0.2) is 34.5 Å². The molecule has 3 unspecified atom stereocenters. The number of aliphatic hydroxyl groups is 1. The van der Waals surface area contributed by atoms with Crippen LogP contribution >= 0.6 is 11.6 Å². The number of amides is 1. The monoisotopic (exact) mass is 571 g/mol. The lowest BCUT2D eigenvalue weighted by molar-refractivity contribution is -0.110. The summed E-state index contributed by atoms with van der Waals surface area (Å²) in [7, 11) is 1.64. The van der Waals surface area contributed by atoms with Gasteiger partial charge in [-0.15, -0.1) is 0 Å². The predicted octanol–water partition coefficient (Wildman–Crippen LogP) is 5.33. The smallest absolute Gasteiger partial charge is 0.251 e. The predicted molar refractivity (Wildman–Crippen MR) is 159 cm³/mol. The van der Waals surface area contributed by atoms with Gasteiger partial charge in [-0.2, -0.15) is 4.91 Å².